The summed E-state index contributed by atoms with van der Waals surface area (Å²) in [5, 5.41) is 3.67. The Kier molecular flexibility index (Phi) is 3.64. The van der Waals surface area contributed by atoms with Gasteiger partial charge in [0.05, 0.1) is 4.90 Å². The van der Waals surface area contributed by atoms with E-state index in [0.717, 1.165) is 12.1 Å². The molecular weight excluding hydrogens is 283 g/mol. The first kappa shape index (κ1) is 14.6. The molecule has 0 spiro atoms. The van der Waals surface area contributed by atoms with Crippen LogP contribution < -0.4 is 0 Å². The third-order valence-corrected chi connectivity index (χ3v) is 4.23. The van der Waals surface area contributed by atoms with E-state index in [2.05, 4.69) is 10.1 Å². The van der Waals surface area contributed by atoms with Crippen LogP contribution in [0.4, 0.5) is 4.39 Å². The first-order chi connectivity index (χ1) is 9.18. The van der Waals surface area contributed by atoms with Gasteiger partial charge in [0.15, 0.2) is 15.7 Å². The SMILES string of the molecule is CC(C)(C)c1nc(CS(=O)(=O)c2ccc(F)cc2)no1. The van der Waals surface area contributed by atoms with Crippen LogP contribution in [0.1, 0.15) is 32.5 Å². The Balaban J connectivity index is 2.25. The fourth-order valence-electron chi connectivity index (χ4n) is 1.51. The van der Waals surface area contributed by atoms with E-state index in [1.54, 1.807) is 0 Å². The Morgan fingerprint density at radius 2 is 1.80 bits per heavy atom. The number of hydrogen-bond donors (Lipinski definition) is 0. The Morgan fingerprint density at radius 3 is 2.30 bits per heavy atom. The minimum atomic E-state index is -3.61. The van der Waals surface area contributed by atoms with E-state index in [1.807, 2.05) is 20.8 Å². The maximum atomic E-state index is 12.8. The number of nitrogens with zero attached hydrogens (tertiary/aromatic N) is 2. The van der Waals surface area contributed by atoms with Crippen molar-refractivity contribution < 1.29 is 17.3 Å². The van der Waals surface area contributed by atoms with Crippen LogP contribution >= 0.6 is 0 Å². The monoisotopic (exact) mass is 298 g/mol. The molecule has 0 atom stereocenters. The summed E-state index contributed by atoms with van der Waals surface area (Å²) in [4.78, 5) is 4.11. The minimum absolute atomic E-state index is 0.0287. The van der Waals surface area contributed by atoms with Crippen LogP contribution in [-0.4, -0.2) is 18.6 Å². The van der Waals surface area contributed by atoms with Gasteiger partial charge in [-0.05, 0) is 24.3 Å². The summed E-state index contributed by atoms with van der Waals surface area (Å²) in [5.41, 5.74) is -0.342. The van der Waals surface area contributed by atoms with Crippen LogP contribution in [-0.2, 0) is 21.0 Å². The van der Waals surface area contributed by atoms with E-state index in [1.165, 1.54) is 12.1 Å². The summed E-state index contributed by atoms with van der Waals surface area (Å²) in [6.07, 6.45) is 0. The first-order valence-corrected chi connectivity index (χ1v) is 7.65. The molecule has 0 aliphatic rings. The standard InChI is InChI=1S/C13H15FN2O3S/c1-13(2,3)12-15-11(16-19-12)8-20(17,18)10-6-4-9(14)5-7-10/h4-7H,8H2,1-3H3. The highest BCUT2D eigenvalue weighted by Crippen LogP contribution is 2.21. The Hall–Kier alpha value is -1.76. The second-order valence-corrected chi connectivity index (χ2v) is 7.47. The highest BCUT2D eigenvalue weighted by Gasteiger charge is 2.24. The average molecular weight is 298 g/mol. The summed E-state index contributed by atoms with van der Waals surface area (Å²) < 4.78 is 42.1. The molecule has 0 bridgehead atoms. The van der Waals surface area contributed by atoms with Crippen molar-refractivity contribution in [3.05, 3.63) is 41.8 Å². The first-order valence-electron chi connectivity index (χ1n) is 6.00. The molecule has 0 amide bonds. The molecule has 0 saturated heterocycles. The van der Waals surface area contributed by atoms with E-state index >= 15 is 0 Å². The molecule has 2 rings (SSSR count). The van der Waals surface area contributed by atoms with Gasteiger partial charge in [-0.25, -0.2) is 12.8 Å². The second kappa shape index (κ2) is 4.97. The number of hydrogen-bond acceptors (Lipinski definition) is 5. The molecule has 1 aromatic heterocycles. The molecule has 20 heavy (non-hydrogen) atoms. The van der Waals surface area contributed by atoms with Crippen LogP contribution in [0.2, 0.25) is 0 Å². The lowest BCUT2D eigenvalue weighted by atomic mass is 9.97. The van der Waals surface area contributed by atoms with E-state index in [9.17, 15) is 12.8 Å². The summed E-state index contributed by atoms with van der Waals surface area (Å²) in [6, 6.07) is 4.64. The van der Waals surface area contributed by atoms with Gasteiger partial charge in [-0.1, -0.05) is 25.9 Å². The third kappa shape index (κ3) is 3.22. The number of aromatic nitrogens is 2. The summed E-state index contributed by atoms with van der Waals surface area (Å²) in [7, 11) is -3.61. The lowest BCUT2D eigenvalue weighted by Crippen LogP contribution is -2.12. The smallest absolute Gasteiger partial charge is 0.232 e. The molecule has 1 heterocycles. The van der Waals surface area contributed by atoms with Crippen molar-refractivity contribution in [1.82, 2.24) is 10.1 Å². The normalized spacial score (nSPS) is 12.6. The van der Waals surface area contributed by atoms with Crippen molar-refractivity contribution in [2.45, 2.75) is 36.8 Å². The van der Waals surface area contributed by atoms with Gasteiger partial charge in [-0.2, -0.15) is 4.98 Å². The Bertz CT molecular complexity index is 700. The fraction of sp³-hybridized carbons (Fsp3) is 0.385. The van der Waals surface area contributed by atoms with E-state index in [0.29, 0.717) is 5.89 Å². The number of halogens is 1. The van der Waals surface area contributed by atoms with Gasteiger partial charge in [-0.15, -0.1) is 0 Å². The molecule has 2 aromatic rings. The molecule has 0 aliphatic carbocycles. The van der Waals surface area contributed by atoms with Crippen molar-refractivity contribution in [3.8, 4) is 0 Å². The molecule has 0 saturated carbocycles. The third-order valence-electron chi connectivity index (χ3n) is 2.60. The van der Waals surface area contributed by atoms with Crippen molar-refractivity contribution >= 4 is 9.84 Å². The van der Waals surface area contributed by atoms with Gasteiger partial charge < -0.3 is 4.52 Å². The molecule has 0 N–H and O–H groups in total. The molecule has 0 fully saturated rings. The number of benzene rings is 1. The Morgan fingerprint density at radius 1 is 1.20 bits per heavy atom. The van der Waals surface area contributed by atoms with Crippen molar-refractivity contribution in [1.29, 1.82) is 0 Å². The largest absolute Gasteiger partial charge is 0.339 e. The second-order valence-electron chi connectivity index (χ2n) is 5.48. The lowest BCUT2D eigenvalue weighted by Gasteiger charge is -2.10. The average Bonchev–Trinajstić information content (AvgIpc) is 2.77. The predicted octanol–water partition coefficient (Wildman–Crippen LogP) is 2.48. The molecule has 0 unspecified atom stereocenters. The van der Waals surface area contributed by atoms with Crippen molar-refractivity contribution in [2.75, 3.05) is 0 Å². The van der Waals surface area contributed by atoms with Crippen LogP contribution in [0, 0.1) is 5.82 Å². The molecule has 1 aromatic carbocycles. The van der Waals surface area contributed by atoms with Gasteiger partial charge in [0.25, 0.3) is 0 Å². The van der Waals surface area contributed by atoms with Gasteiger partial charge in [-0.3, -0.25) is 0 Å². The maximum absolute atomic E-state index is 12.8. The van der Waals surface area contributed by atoms with Crippen molar-refractivity contribution in [2.24, 2.45) is 0 Å². The van der Waals surface area contributed by atoms with E-state index in [-0.39, 0.29) is 21.9 Å². The topological polar surface area (TPSA) is 73.1 Å². The summed E-state index contributed by atoms with van der Waals surface area (Å²) in [6.45, 7) is 5.66. The van der Waals surface area contributed by atoms with Crippen molar-refractivity contribution in [3.63, 3.8) is 0 Å². The zero-order valence-corrected chi connectivity index (χ0v) is 12.2. The minimum Gasteiger partial charge on any atom is -0.339 e. The lowest BCUT2D eigenvalue weighted by molar-refractivity contribution is 0.319. The van der Waals surface area contributed by atoms with E-state index in [4.69, 9.17) is 4.52 Å². The molecule has 0 aliphatic heterocycles. The molecule has 108 valence electrons. The van der Waals surface area contributed by atoms with Gasteiger partial charge in [0, 0.05) is 5.41 Å². The summed E-state index contributed by atoms with van der Waals surface area (Å²) in [5.74, 6) is -0.391. The zero-order valence-electron chi connectivity index (χ0n) is 11.4. The van der Waals surface area contributed by atoms with Crippen LogP contribution in [0.5, 0.6) is 0 Å². The highest BCUT2D eigenvalue weighted by molar-refractivity contribution is 7.90. The molecule has 7 heteroatoms. The fourth-order valence-corrected chi connectivity index (χ4v) is 2.69. The maximum Gasteiger partial charge on any atom is 0.232 e. The molecular formula is C13H15FN2O3S. The highest BCUT2D eigenvalue weighted by atomic mass is 32.2. The quantitative estimate of drug-likeness (QED) is 0.814. The van der Waals surface area contributed by atoms with Gasteiger partial charge in [0.1, 0.15) is 11.6 Å². The number of sulfone groups is 1. The Labute approximate surface area is 116 Å². The zero-order chi connectivity index (χ0) is 15.0. The molecule has 0 radical (unpaired) electrons. The van der Waals surface area contributed by atoms with Crippen LogP contribution in [0.3, 0.4) is 0 Å². The van der Waals surface area contributed by atoms with Crippen LogP contribution in [0.25, 0.3) is 0 Å². The number of rotatable bonds is 3. The van der Waals surface area contributed by atoms with Crippen LogP contribution in [0.15, 0.2) is 33.7 Å². The van der Waals surface area contributed by atoms with Gasteiger partial charge >= 0.3 is 0 Å². The predicted molar refractivity (Wildman–Crippen MR) is 70.3 cm³/mol. The molecule has 5 nitrogen and oxygen atoms in total. The van der Waals surface area contributed by atoms with Gasteiger partial charge in [0.2, 0.25) is 5.89 Å². The summed E-state index contributed by atoms with van der Waals surface area (Å²) >= 11 is 0. The van der Waals surface area contributed by atoms with E-state index < -0.39 is 15.7 Å².